The van der Waals surface area contributed by atoms with Crippen LogP contribution in [0.2, 0.25) is 0 Å². The van der Waals surface area contributed by atoms with Gasteiger partial charge in [-0.1, -0.05) is 0 Å². The zero-order chi connectivity index (χ0) is 16.0. The maximum absolute atomic E-state index is 12.5. The number of benzene rings is 1. The molecule has 0 saturated heterocycles. The van der Waals surface area contributed by atoms with Gasteiger partial charge in [-0.15, -0.1) is 0 Å². The van der Waals surface area contributed by atoms with Crippen molar-refractivity contribution in [3.05, 3.63) is 29.3 Å². The smallest absolute Gasteiger partial charge is 0.416 e. The van der Waals surface area contributed by atoms with Crippen LogP contribution < -0.4 is 11.1 Å². The lowest BCUT2D eigenvalue weighted by molar-refractivity contribution is -0.137. The first-order valence-electron chi connectivity index (χ1n) is 6.18. The predicted molar refractivity (Wildman–Crippen MR) is 69.9 cm³/mol. The van der Waals surface area contributed by atoms with Crippen molar-refractivity contribution in [1.82, 2.24) is 0 Å². The summed E-state index contributed by atoms with van der Waals surface area (Å²) < 4.78 is 37.6. The Balaban J connectivity index is 2.74. The summed E-state index contributed by atoms with van der Waals surface area (Å²) >= 11 is 0. The number of hydrogen-bond donors (Lipinski definition) is 3. The summed E-state index contributed by atoms with van der Waals surface area (Å²) in [6.45, 7) is 0.332. The van der Waals surface area contributed by atoms with Crippen LogP contribution in [0.25, 0.3) is 0 Å². The molecule has 1 rings (SSSR count). The monoisotopic (exact) mass is 304 g/mol. The molecule has 0 aliphatic carbocycles. The number of rotatable bonds is 7. The Bertz CT molecular complexity index is 530. The number of amides is 1. The van der Waals surface area contributed by atoms with Gasteiger partial charge in [0.2, 0.25) is 5.91 Å². The van der Waals surface area contributed by atoms with Gasteiger partial charge in [-0.2, -0.15) is 13.2 Å². The maximum atomic E-state index is 12.5. The minimum absolute atomic E-state index is 0.106. The standard InChI is InChI=1S/C13H15F3N2O3/c14-13(15,16)8-4-5-10(9(7-8)12(20)21)18-6-2-1-3-11(17)19/h4-5,7,18H,1-3,6H2,(H2,17,19)(H,20,21). The van der Waals surface area contributed by atoms with E-state index in [-0.39, 0.29) is 12.1 Å². The Kier molecular flexibility index (Phi) is 5.57. The molecular weight excluding hydrogens is 289 g/mol. The molecule has 1 amide bonds. The number of carbonyl (C=O) groups excluding carboxylic acids is 1. The highest BCUT2D eigenvalue weighted by molar-refractivity contribution is 5.94. The van der Waals surface area contributed by atoms with Gasteiger partial charge in [0.1, 0.15) is 0 Å². The number of carboxylic acids is 1. The Morgan fingerprint density at radius 3 is 2.43 bits per heavy atom. The summed E-state index contributed by atoms with van der Waals surface area (Å²) in [6, 6.07) is 2.49. The van der Waals surface area contributed by atoms with Crippen molar-refractivity contribution < 1.29 is 27.9 Å². The number of alkyl halides is 3. The molecular formula is C13H15F3N2O3. The highest BCUT2D eigenvalue weighted by Crippen LogP contribution is 2.31. The average molecular weight is 304 g/mol. The first-order valence-corrected chi connectivity index (χ1v) is 6.18. The van der Waals surface area contributed by atoms with Crippen molar-refractivity contribution in [3.8, 4) is 0 Å². The second-order valence-electron chi connectivity index (χ2n) is 4.41. The molecule has 5 nitrogen and oxygen atoms in total. The third-order valence-corrected chi connectivity index (χ3v) is 2.74. The van der Waals surface area contributed by atoms with Crippen LogP contribution >= 0.6 is 0 Å². The lowest BCUT2D eigenvalue weighted by atomic mass is 10.1. The first-order chi connectivity index (χ1) is 9.71. The van der Waals surface area contributed by atoms with E-state index in [1.54, 1.807) is 0 Å². The first kappa shape index (κ1) is 16.8. The number of halogens is 3. The van der Waals surface area contributed by atoms with Gasteiger partial charge < -0.3 is 16.2 Å². The van der Waals surface area contributed by atoms with Crippen molar-refractivity contribution in [3.63, 3.8) is 0 Å². The second kappa shape index (κ2) is 6.96. The zero-order valence-electron chi connectivity index (χ0n) is 11.0. The fourth-order valence-electron chi connectivity index (χ4n) is 1.70. The lowest BCUT2D eigenvalue weighted by Crippen LogP contribution is -2.13. The molecule has 8 heteroatoms. The SMILES string of the molecule is NC(=O)CCCCNc1ccc(C(F)(F)F)cc1C(=O)O. The van der Waals surface area contributed by atoms with E-state index in [0.717, 1.165) is 12.1 Å². The Morgan fingerprint density at radius 2 is 1.90 bits per heavy atom. The van der Waals surface area contributed by atoms with E-state index < -0.39 is 29.2 Å². The maximum Gasteiger partial charge on any atom is 0.416 e. The average Bonchev–Trinajstić information content (AvgIpc) is 2.36. The number of carboxylic acid groups (broad SMARTS) is 1. The molecule has 0 spiro atoms. The van der Waals surface area contributed by atoms with Gasteiger partial charge in [0, 0.05) is 18.7 Å². The summed E-state index contributed by atoms with van der Waals surface area (Å²) in [6.07, 6.45) is -3.32. The molecule has 1 aromatic carbocycles. The summed E-state index contributed by atoms with van der Waals surface area (Å²) in [7, 11) is 0. The number of unbranched alkanes of at least 4 members (excludes halogenated alkanes) is 1. The Hall–Kier alpha value is -2.25. The largest absolute Gasteiger partial charge is 0.478 e. The van der Waals surface area contributed by atoms with Crippen LogP contribution in [-0.2, 0) is 11.0 Å². The molecule has 4 N–H and O–H groups in total. The second-order valence-corrected chi connectivity index (χ2v) is 4.41. The van der Waals surface area contributed by atoms with Crippen molar-refractivity contribution in [2.45, 2.75) is 25.4 Å². The molecule has 0 unspecified atom stereocenters. The predicted octanol–water partition coefficient (Wildman–Crippen LogP) is 2.47. The molecule has 0 bridgehead atoms. The van der Waals surface area contributed by atoms with E-state index in [9.17, 15) is 22.8 Å². The van der Waals surface area contributed by atoms with E-state index in [0.29, 0.717) is 25.5 Å². The van der Waals surface area contributed by atoms with Crippen LogP contribution in [0.4, 0.5) is 18.9 Å². The van der Waals surface area contributed by atoms with Crippen molar-refractivity contribution in [2.24, 2.45) is 5.73 Å². The fraction of sp³-hybridized carbons (Fsp3) is 0.385. The quantitative estimate of drug-likeness (QED) is 0.675. The normalized spacial score (nSPS) is 11.2. The number of hydrogen-bond acceptors (Lipinski definition) is 3. The Morgan fingerprint density at radius 1 is 1.24 bits per heavy atom. The van der Waals surface area contributed by atoms with Crippen LogP contribution in [-0.4, -0.2) is 23.5 Å². The summed E-state index contributed by atoms with van der Waals surface area (Å²) in [5.74, 6) is -1.88. The molecule has 0 saturated carbocycles. The van der Waals surface area contributed by atoms with Crippen molar-refractivity contribution in [1.29, 1.82) is 0 Å². The minimum Gasteiger partial charge on any atom is -0.478 e. The van der Waals surface area contributed by atoms with Gasteiger partial charge in [-0.05, 0) is 31.0 Å². The molecule has 0 atom stereocenters. The van der Waals surface area contributed by atoms with Gasteiger partial charge >= 0.3 is 12.1 Å². The van der Waals surface area contributed by atoms with Crippen LogP contribution in [0, 0.1) is 0 Å². The van der Waals surface area contributed by atoms with Gasteiger partial charge in [0.25, 0.3) is 0 Å². The van der Waals surface area contributed by atoms with Crippen LogP contribution in [0.5, 0.6) is 0 Å². The van der Waals surface area contributed by atoms with E-state index in [4.69, 9.17) is 10.8 Å². The number of anilines is 1. The molecule has 116 valence electrons. The molecule has 0 aliphatic rings. The minimum atomic E-state index is -4.59. The molecule has 0 radical (unpaired) electrons. The number of nitrogens with one attached hydrogen (secondary N) is 1. The molecule has 21 heavy (non-hydrogen) atoms. The molecule has 1 aromatic rings. The summed E-state index contributed by atoms with van der Waals surface area (Å²) in [5.41, 5.74) is 3.61. The van der Waals surface area contributed by atoms with Crippen LogP contribution in [0.3, 0.4) is 0 Å². The van der Waals surface area contributed by atoms with Crippen molar-refractivity contribution >= 4 is 17.6 Å². The van der Waals surface area contributed by atoms with E-state index in [1.807, 2.05) is 0 Å². The lowest BCUT2D eigenvalue weighted by Gasteiger charge is -2.12. The van der Waals surface area contributed by atoms with Gasteiger partial charge in [0.05, 0.1) is 11.1 Å². The van der Waals surface area contributed by atoms with Crippen molar-refractivity contribution in [2.75, 3.05) is 11.9 Å². The molecule has 0 aliphatic heterocycles. The number of carbonyl (C=O) groups is 2. The topological polar surface area (TPSA) is 92.4 Å². The molecule has 0 fully saturated rings. The highest BCUT2D eigenvalue weighted by atomic mass is 19.4. The van der Waals surface area contributed by atoms with Gasteiger partial charge in [-0.3, -0.25) is 4.79 Å². The Labute approximate surface area is 118 Å². The van der Waals surface area contributed by atoms with E-state index in [1.165, 1.54) is 0 Å². The third-order valence-electron chi connectivity index (χ3n) is 2.74. The van der Waals surface area contributed by atoms with Gasteiger partial charge in [0.15, 0.2) is 0 Å². The van der Waals surface area contributed by atoms with Crippen LogP contribution in [0.1, 0.15) is 35.2 Å². The number of aromatic carboxylic acids is 1. The van der Waals surface area contributed by atoms with Gasteiger partial charge in [-0.25, -0.2) is 4.79 Å². The summed E-state index contributed by atoms with van der Waals surface area (Å²) in [4.78, 5) is 21.5. The van der Waals surface area contributed by atoms with E-state index in [2.05, 4.69) is 5.32 Å². The zero-order valence-corrected chi connectivity index (χ0v) is 11.0. The van der Waals surface area contributed by atoms with E-state index >= 15 is 0 Å². The van der Waals surface area contributed by atoms with Crippen LogP contribution in [0.15, 0.2) is 18.2 Å². The number of nitrogens with two attached hydrogens (primary N) is 1. The number of primary amides is 1. The molecule has 0 heterocycles. The third kappa shape index (κ3) is 5.33. The fourth-order valence-corrected chi connectivity index (χ4v) is 1.70. The molecule has 0 aromatic heterocycles. The highest BCUT2D eigenvalue weighted by Gasteiger charge is 2.31. The summed E-state index contributed by atoms with van der Waals surface area (Å²) in [5, 5.41) is 11.7.